The largest absolute Gasteiger partial charge is 0.412 e. The lowest BCUT2D eigenvalue weighted by Gasteiger charge is -2.42. The zero-order valence-corrected chi connectivity index (χ0v) is 18.5. The minimum Gasteiger partial charge on any atom is -0.412 e. The highest BCUT2D eigenvalue weighted by Crippen LogP contribution is 2.42. The van der Waals surface area contributed by atoms with Crippen LogP contribution in [0.5, 0.6) is 0 Å². The van der Waals surface area contributed by atoms with E-state index in [0.717, 1.165) is 16.7 Å². The average Bonchev–Trinajstić information content (AvgIpc) is 2.62. The summed E-state index contributed by atoms with van der Waals surface area (Å²) in [4.78, 5) is 16.5. The maximum absolute atomic E-state index is 12.5. The maximum Gasteiger partial charge on any atom is 0.200 e. The number of ketones is 1. The fourth-order valence-electron chi connectivity index (χ4n) is 4.28. The molecule has 0 aliphatic carbocycles. The Bertz CT molecular complexity index is 702. The molecule has 0 bridgehead atoms. The lowest BCUT2D eigenvalue weighted by atomic mass is 10.0. The quantitative estimate of drug-likeness (QED) is 0.382. The summed E-state index contributed by atoms with van der Waals surface area (Å²) >= 11 is 0. The van der Waals surface area contributed by atoms with Crippen LogP contribution >= 0.6 is 0 Å². The first kappa shape index (κ1) is 21.5. The standard InChI is InChI=1S/C23H33NO2Si/c1-17(2)27(18(3)4,19(5)6)26-16-21-7-9-22(10-8-21)23(25)15-20-11-13-24-14-12-20/h7-14,17-19H,15-16H2,1-6H3. The molecule has 0 radical (unpaired) electrons. The first-order valence-corrected chi connectivity index (χ1v) is 12.1. The number of rotatable bonds is 9. The van der Waals surface area contributed by atoms with Crippen molar-refractivity contribution in [2.75, 3.05) is 0 Å². The number of nitrogens with zero attached hydrogens (tertiary/aromatic N) is 1. The molecule has 0 aliphatic heterocycles. The fraction of sp³-hybridized carbons (Fsp3) is 0.478. The van der Waals surface area contributed by atoms with Gasteiger partial charge in [0.1, 0.15) is 0 Å². The van der Waals surface area contributed by atoms with E-state index in [2.05, 4.69) is 46.5 Å². The van der Waals surface area contributed by atoms with Gasteiger partial charge in [0, 0.05) is 24.4 Å². The molecule has 0 amide bonds. The van der Waals surface area contributed by atoms with Gasteiger partial charge in [0.2, 0.25) is 8.32 Å². The van der Waals surface area contributed by atoms with Crippen LogP contribution < -0.4 is 0 Å². The van der Waals surface area contributed by atoms with Gasteiger partial charge < -0.3 is 4.43 Å². The summed E-state index contributed by atoms with van der Waals surface area (Å²) in [5.74, 6) is 0.129. The van der Waals surface area contributed by atoms with Crippen molar-refractivity contribution in [3.63, 3.8) is 0 Å². The lowest BCUT2D eigenvalue weighted by Crippen LogP contribution is -2.47. The van der Waals surface area contributed by atoms with E-state index >= 15 is 0 Å². The SMILES string of the molecule is CC(C)[Si](OCc1ccc(C(=O)Cc2ccncc2)cc1)(C(C)C)C(C)C. The lowest BCUT2D eigenvalue weighted by molar-refractivity contribution is 0.0993. The van der Waals surface area contributed by atoms with E-state index < -0.39 is 8.32 Å². The molecule has 3 nitrogen and oxygen atoms in total. The summed E-state index contributed by atoms with van der Waals surface area (Å²) in [5, 5.41) is 0. The van der Waals surface area contributed by atoms with E-state index in [-0.39, 0.29) is 5.78 Å². The van der Waals surface area contributed by atoms with Gasteiger partial charge in [0.15, 0.2) is 5.78 Å². The first-order valence-electron chi connectivity index (χ1n) is 9.92. The van der Waals surface area contributed by atoms with Gasteiger partial charge >= 0.3 is 0 Å². The van der Waals surface area contributed by atoms with Gasteiger partial charge in [-0.05, 0) is 39.9 Å². The van der Waals surface area contributed by atoms with Crippen molar-refractivity contribution in [3.8, 4) is 0 Å². The monoisotopic (exact) mass is 383 g/mol. The molecule has 0 N–H and O–H groups in total. The summed E-state index contributed by atoms with van der Waals surface area (Å²) in [6, 6.07) is 11.7. The number of carbonyl (C=O) groups is 1. The second kappa shape index (κ2) is 9.42. The van der Waals surface area contributed by atoms with Crippen molar-refractivity contribution in [2.45, 2.75) is 71.2 Å². The number of hydrogen-bond donors (Lipinski definition) is 0. The highest BCUT2D eigenvalue weighted by atomic mass is 28.4. The van der Waals surface area contributed by atoms with Crippen molar-refractivity contribution >= 4 is 14.1 Å². The molecule has 0 saturated heterocycles. The molecule has 146 valence electrons. The molecular weight excluding hydrogens is 350 g/mol. The Morgan fingerprint density at radius 1 is 0.852 bits per heavy atom. The molecule has 1 heterocycles. The highest BCUT2D eigenvalue weighted by molar-refractivity contribution is 6.77. The van der Waals surface area contributed by atoms with E-state index in [1.165, 1.54) is 0 Å². The van der Waals surface area contributed by atoms with Crippen molar-refractivity contribution in [1.29, 1.82) is 0 Å². The van der Waals surface area contributed by atoms with Gasteiger partial charge in [-0.15, -0.1) is 0 Å². The van der Waals surface area contributed by atoms with Gasteiger partial charge in [-0.3, -0.25) is 9.78 Å². The van der Waals surface area contributed by atoms with E-state index in [1.807, 2.05) is 36.4 Å². The van der Waals surface area contributed by atoms with Crippen molar-refractivity contribution < 1.29 is 9.22 Å². The first-order chi connectivity index (χ1) is 12.8. The van der Waals surface area contributed by atoms with Crippen LogP contribution in [0.25, 0.3) is 0 Å². The number of carbonyl (C=O) groups excluding carboxylic acids is 1. The van der Waals surface area contributed by atoms with Crippen LogP contribution in [0.1, 0.15) is 63.0 Å². The van der Waals surface area contributed by atoms with Crippen LogP contribution in [0.4, 0.5) is 0 Å². The zero-order valence-electron chi connectivity index (χ0n) is 17.5. The van der Waals surface area contributed by atoms with Crippen LogP contribution in [0.2, 0.25) is 16.6 Å². The summed E-state index contributed by atoms with van der Waals surface area (Å²) in [6.07, 6.45) is 3.84. The molecule has 2 rings (SSSR count). The van der Waals surface area contributed by atoms with Gasteiger partial charge in [-0.25, -0.2) is 0 Å². The second-order valence-electron chi connectivity index (χ2n) is 8.26. The molecule has 0 atom stereocenters. The molecule has 0 spiro atoms. The third-order valence-electron chi connectivity index (χ3n) is 5.59. The van der Waals surface area contributed by atoms with Crippen LogP contribution in [0.15, 0.2) is 48.8 Å². The number of benzene rings is 1. The van der Waals surface area contributed by atoms with Crippen molar-refractivity contribution in [3.05, 3.63) is 65.5 Å². The molecule has 0 saturated carbocycles. The Morgan fingerprint density at radius 2 is 1.37 bits per heavy atom. The van der Waals surface area contributed by atoms with Crippen LogP contribution in [-0.4, -0.2) is 19.1 Å². The number of pyridine rings is 1. The minimum absolute atomic E-state index is 0.129. The third kappa shape index (κ3) is 5.14. The Hall–Kier alpha value is -1.78. The number of Topliss-reactive ketones (excluding diaryl/α,β-unsaturated/α-hetero) is 1. The Balaban J connectivity index is 2.05. The summed E-state index contributed by atoms with van der Waals surface area (Å²) in [7, 11) is -1.87. The summed E-state index contributed by atoms with van der Waals surface area (Å²) < 4.78 is 6.64. The topological polar surface area (TPSA) is 39.2 Å². The minimum atomic E-state index is -1.87. The van der Waals surface area contributed by atoms with E-state index in [4.69, 9.17) is 4.43 Å². The Morgan fingerprint density at radius 3 is 1.85 bits per heavy atom. The van der Waals surface area contributed by atoms with Gasteiger partial charge in [-0.2, -0.15) is 0 Å². The fourth-order valence-corrected chi connectivity index (χ4v) is 9.70. The predicted molar refractivity (Wildman–Crippen MR) is 115 cm³/mol. The predicted octanol–water partition coefficient (Wildman–Crippen LogP) is 6.20. The van der Waals surface area contributed by atoms with E-state index in [0.29, 0.717) is 29.7 Å². The molecular formula is C23H33NO2Si. The zero-order chi connectivity index (χ0) is 20.0. The van der Waals surface area contributed by atoms with Crippen molar-refractivity contribution in [2.24, 2.45) is 0 Å². The molecule has 1 aromatic heterocycles. The normalized spacial score (nSPS) is 12.2. The Kier molecular flexibility index (Phi) is 7.51. The van der Waals surface area contributed by atoms with Gasteiger partial charge in [0.25, 0.3) is 0 Å². The van der Waals surface area contributed by atoms with Gasteiger partial charge in [-0.1, -0.05) is 65.8 Å². The molecule has 0 aliphatic rings. The molecule has 0 unspecified atom stereocenters. The number of hydrogen-bond acceptors (Lipinski definition) is 3. The summed E-state index contributed by atoms with van der Waals surface area (Å²) in [5.41, 5.74) is 4.57. The molecule has 4 heteroatoms. The van der Waals surface area contributed by atoms with Gasteiger partial charge in [0.05, 0.1) is 6.61 Å². The molecule has 27 heavy (non-hydrogen) atoms. The smallest absolute Gasteiger partial charge is 0.200 e. The molecule has 2 aromatic rings. The molecule has 0 fully saturated rings. The second-order valence-corrected chi connectivity index (χ2v) is 13.7. The van der Waals surface area contributed by atoms with E-state index in [9.17, 15) is 4.79 Å². The van der Waals surface area contributed by atoms with Crippen molar-refractivity contribution in [1.82, 2.24) is 4.98 Å². The summed E-state index contributed by atoms with van der Waals surface area (Å²) in [6.45, 7) is 14.4. The molecule has 1 aromatic carbocycles. The van der Waals surface area contributed by atoms with Crippen LogP contribution in [0.3, 0.4) is 0 Å². The third-order valence-corrected chi connectivity index (χ3v) is 11.6. The van der Waals surface area contributed by atoms with E-state index in [1.54, 1.807) is 12.4 Å². The Labute approximate surface area is 165 Å². The average molecular weight is 384 g/mol. The van der Waals surface area contributed by atoms with Crippen LogP contribution in [0, 0.1) is 0 Å². The maximum atomic E-state index is 12.5. The number of aromatic nitrogens is 1. The highest BCUT2D eigenvalue weighted by Gasteiger charge is 2.44. The van der Waals surface area contributed by atoms with Crippen LogP contribution in [-0.2, 0) is 17.5 Å².